The molecule has 0 saturated carbocycles. The Balaban J connectivity index is 1.37. The van der Waals surface area contributed by atoms with E-state index in [9.17, 15) is 9.59 Å². The van der Waals surface area contributed by atoms with Crippen molar-refractivity contribution < 1.29 is 18.8 Å². The summed E-state index contributed by atoms with van der Waals surface area (Å²) in [6, 6.07) is 10.6. The van der Waals surface area contributed by atoms with Crippen LogP contribution in [-0.2, 0) is 16.1 Å². The van der Waals surface area contributed by atoms with E-state index < -0.39 is 5.97 Å². The van der Waals surface area contributed by atoms with Crippen molar-refractivity contribution in [2.45, 2.75) is 6.61 Å². The summed E-state index contributed by atoms with van der Waals surface area (Å²) in [5, 5.41) is 3.82. The van der Waals surface area contributed by atoms with E-state index in [0.717, 1.165) is 0 Å². The van der Waals surface area contributed by atoms with Crippen molar-refractivity contribution in [3.8, 4) is 11.4 Å². The molecular formula is C19H14N4O4. The van der Waals surface area contributed by atoms with E-state index in [1.165, 1.54) is 4.90 Å². The fraction of sp³-hybridized carbons (Fsp3) is 0.105. The molecule has 0 radical (unpaired) electrons. The minimum atomic E-state index is -0.599. The van der Waals surface area contributed by atoms with Gasteiger partial charge in [-0.1, -0.05) is 29.9 Å². The number of ether oxygens (including phenoxy) is 1. The zero-order chi connectivity index (χ0) is 18.8. The molecule has 4 rings (SSSR count). The monoisotopic (exact) mass is 362 g/mol. The van der Waals surface area contributed by atoms with E-state index in [4.69, 9.17) is 9.26 Å². The highest BCUT2D eigenvalue weighted by atomic mass is 16.6. The maximum atomic E-state index is 12.4. The van der Waals surface area contributed by atoms with Crippen molar-refractivity contribution in [2.24, 2.45) is 0 Å². The number of nitrogens with zero attached hydrogens (tertiary/aromatic N) is 4. The van der Waals surface area contributed by atoms with E-state index in [1.807, 2.05) is 6.07 Å². The van der Waals surface area contributed by atoms with E-state index >= 15 is 0 Å². The van der Waals surface area contributed by atoms with E-state index in [2.05, 4.69) is 21.7 Å². The average Bonchev–Trinajstić information content (AvgIpc) is 3.27. The molecule has 134 valence electrons. The number of aromatic nitrogens is 3. The lowest BCUT2D eigenvalue weighted by Gasteiger charge is -2.15. The van der Waals surface area contributed by atoms with Gasteiger partial charge >= 0.3 is 5.97 Å². The average molecular weight is 362 g/mol. The SMILES string of the molecule is C=C1c2ccccc2C(=O)N1CC(=O)OCc1nc(-c2cccnc2)no1. The van der Waals surface area contributed by atoms with Gasteiger partial charge in [0.05, 0.1) is 0 Å². The van der Waals surface area contributed by atoms with Crippen LogP contribution in [0.2, 0.25) is 0 Å². The van der Waals surface area contributed by atoms with Gasteiger partial charge in [-0.05, 0) is 18.2 Å². The third-order valence-electron chi connectivity index (χ3n) is 4.07. The van der Waals surface area contributed by atoms with Gasteiger partial charge in [0.2, 0.25) is 5.82 Å². The number of esters is 1. The van der Waals surface area contributed by atoms with Crippen LogP contribution >= 0.6 is 0 Å². The summed E-state index contributed by atoms with van der Waals surface area (Å²) >= 11 is 0. The van der Waals surface area contributed by atoms with Gasteiger partial charge in [0.15, 0.2) is 6.61 Å². The summed E-state index contributed by atoms with van der Waals surface area (Å²) < 4.78 is 10.2. The number of hydrogen-bond donors (Lipinski definition) is 0. The van der Waals surface area contributed by atoms with Crippen molar-refractivity contribution >= 4 is 17.6 Å². The molecule has 1 aromatic carbocycles. The zero-order valence-electron chi connectivity index (χ0n) is 14.2. The molecule has 0 bridgehead atoms. The second-order valence-electron chi connectivity index (χ2n) is 5.80. The van der Waals surface area contributed by atoms with Gasteiger partial charge in [0.25, 0.3) is 11.8 Å². The van der Waals surface area contributed by atoms with Crippen LogP contribution in [0.25, 0.3) is 17.1 Å². The molecule has 0 unspecified atom stereocenters. The Kier molecular flexibility index (Phi) is 4.21. The van der Waals surface area contributed by atoms with E-state index in [1.54, 1.807) is 42.7 Å². The van der Waals surface area contributed by atoms with Crippen molar-refractivity contribution in [1.29, 1.82) is 0 Å². The molecule has 1 amide bonds. The molecule has 0 spiro atoms. The molecule has 3 heterocycles. The summed E-state index contributed by atoms with van der Waals surface area (Å²) in [5.74, 6) is -0.368. The van der Waals surface area contributed by atoms with Crippen molar-refractivity contribution in [3.05, 3.63) is 72.4 Å². The van der Waals surface area contributed by atoms with Crippen LogP contribution in [-0.4, -0.2) is 38.4 Å². The minimum Gasteiger partial charge on any atom is -0.454 e. The van der Waals surface area contributed by atoms with Crippen molar-refractivity contribution in [1.82, 2.24) is 20.0 Å². The fourth-order valence-corrected chi connectivity index (χ4v) is 2.74. The summed E-state index contributed by atoms with van der Waals surface area (Å²) in [5.41, 5.74) is 2.40. The summed E-state index contributed by atoms with van der Waals surface area (Å²) in [6.07, 6.45) is 3.24. The molecule has 0 atom stereocenters. The molecule has 8 nitrogen and oxygen atoms in total. The van der Waals surface area contributed by atoms with Crippen LogP contribution in [0.4, 0.5) is 0 Å². The van der Waals surface area contributed by atoms with Crippen molar-refractivity contribution in [3.63, 3.8) is 0 Å². The quantitative estimate of drug-likeness (QED) is 0.642. The second kappa shape index (κ2) is 6.83. The Bertz CT molecular complexity index is 994. The van der Waals surface area contributed by atoms with E-state index in [-0.39, 0.29) is 24.9 Å². The third-order valence-corrected chi connectivity index (χ3v) is 4.07. The van der Waals surface area contributed by atoms with Gasteiger partial charge in [-0.2, -0.15) is 4.98 Å². The Morgan fingerprint density at radius 1 is 1.19 bits per heavy atom. The van der Waals surface area contributed by atoms with Gasteiger partial charge in [-0.15, -0.1) is 0 Å². The number of pyridine rings is 1. The molecule has 8 heteroatoms. The highest BCUT2D eigenvalue weighted by Crippen LogP contribution is 2.30. The lowest BCUT2D eigenvalue weighted by molar-refractivity contribution is -0.145. The molecule has 0 aliphatic carbocycles. The number of rotatable bonds is 5. The molecule has 27 heavy (non-hydrogen) atoms. The minimum absolute atomic E-state index is 0.150. The maximum absolute atomic E-state index is 12.4. The number of fused-ring (bicyclic) bond motifs is 1. The molecule has 2 aromatic heterocycles. The molecule has 0 N–H and O–H groups in total. The van der Waals surface area contributed by atoms with E-state index in [0.29, 0.717) is 28.2 Å². The Hall–Kier alpha value is -3.81. The van der Waals surface area contributed by atoms with Gasteiger partial charge in [0.1, 0.15) is 6.54 Å². The Morgan fingerprint density at radius 2 is 2.00 bits per heavy atom. The summed E-state index contributed by atoms with van der Waals surface area (Å²) in [6.45, 7) is 3.46. The van der Waals surface area contributed by atoms with Gasteiger partial charge < -0.3 is 9.26 Å². The van der Waals surface area contributed by atoms with Crippen LogP contribution in [0.15, 0.2) is 59.9 Å². The number of hydrogen-bond acceptors (Lipinski definition) is 7. The first-order valence-electron chi connectivity index (χ1n) is 8.12. The zero-order valence-corrected chi connectivity index (χ0v) is 14.2. The first kappa shape index (κ1) is 16.6. The predicted molar refractivity (Wildman–Crippen MR) is 93.8 cm³/mol. The van der Waals surface area contributed by atoms with Crippen molar-refractivity contribution in [2.75, 3.05) is 6.54 Å². The van der Waals surface area contributed by atoms with Crippen LogP contribution in [0.3, 0.4) is 0 Å². The topological polar surface area (TPSA) is 98.4 Å². The number of benzene rings is 1. The van der Waals surface area contributed by atoms with Crippen LogP contribution in [0, 0.1) is 0 Å². The molecule has 0 saturated heterocycles. The normalized spacial score (nSPS) is 13.0. The largest absolute Gasteiger partial charge is 0.454 e. The number of amides is 1. The third kappa shape index (κ3) is 3.20. The predicted octanol–water partition coefficient (Wildman–Crippen LogP) is 2.30. The van der Waals surface area contributed by atoms with Crippen LogP contribution in [0.1, 0.15) is 21.8 Å². The van der Waals surface area contributed by atoms with Crippen LogP contribution in [0.5, 0.6) is 0 Å². The van der Waals surface area contributed by atoms with Gasteiger partial charge in [0, 0.05) is 34.8 Å². The Morgan fingerprint density at radius 3 is 2.74 bits per heavy atom. The van der Waals surface area contributed by atoms with Gasteiger partial charge in [-0.3, -0.25) is 19.5 Å². The molecular weight excluding hydrogens is 348 g/mol. The first-order valence-corrected chi connectivity index (χ1v) is 8.12. The lowest BCUT2D eigenvalue weighted by Crippen LogP contribution is -2.30. The first-order chi connectivity index (χ1) is 13.1. The highest BCUT2D eigenvalue weighted by Gasteiger charge is 2.32. The highest BCUT2D eigenvalue weighted by molar-refractivity contribution is 6.10. The smallest absolute Gasteiger partial charge is 0.326 e. The summed E-state index contributed by atoms with van der Waals surface area (Å²) in [4.78, 5) is 33.9. The van der Waals surface area contributed by atoms with Crippen LogP contribution < -0.4 is 0 Å². The number of carbonyl (C=O) groups is 2. The van der Waals surface area contributed by atoms with Gasteiger partial charge in [-0.25, -0.2) is 0 Å². The standard InChI is InChI=1S/C19H14N4O4/c1-12-14-6-2-3-7-15(14)19(25)23(12)10-17(24)26-11-16-21-18(22-27-16)13-5-4-8-20-9-13/h2-9H,1,10-11H2. The lowest BCUT2D eigenvalue weighted by atomic mass is 10.1. The fourth-order valence-electron chi connectivity index (χ4n) is 2.74. The molecule has 1 aliphatic heterocycles. The maximum Gasteiger partial charge on any atom is 0.326 e. The summed E-state index contributed by atoms with van der Waals surface area (Å²) in [7, 11) is 0. The Labute approximate surface area is 154 Å². The number of carbonyl (C=O) groups excluding carboxylic acids is 2. The molecule has 3 aromatic rings. The molecule has 1 aliphatic rings. The second-order valence-corrected chi connectivity index (χ2v) is 5.80. The molecule has 0 fully saturated rings.